The van der Waals surface area contributed by atoms with E-state index >= 15 is 0 Å². The summed E-state index contributed by atoms with van der Waals surface area (Å²) in [5.41, 5.74) is 0.594. The van der Waals surface area contributed by atoms with E-state index in [0.717, 1.165) is 4.90 Å². The van der Waals surface area contributed by atoms with Crippen LogP contribution in [-0.4, -0.2) is 48.2 Å². The minimum atomic E-state index is -0.484. The number of carbonyl (C=O) groups excluding carboxylic acids is 4. The van der Waals surface area contributed by atoms with Crippen molar-refractivity contribution in [1.82, 2.24) is 15.5 Å². The van der Waals surface area contributed by atoms with Gasteiger partial charge in [0.15, 0.2) is 5.76 Å². The minimum Gasteiger partial charge on any atom is -0.459 e. The topological polar surface area (TPSA) is 109 Å². The Morgan fingerprint density at radius 3 is 2.16 bits per heavy atom. The van der Waals surface area contributed by atoms with Gasteiger partial charge in [-0.15, -0.1) is 0 Å². The number of nitrogens with one attached hydrogen (secondary N) is 2. The third-order valence-corrected chi connectivity index (χ3v) is 3.66. The van der Waals surface area contributed by atoms with Crippen LogP contribution in [0.5, 0.6) is 0 Å². The highest BCUT2D eigenvalue weighted by Gasteiger charge is 2.36. The van der Waals surface area contributed by atoms with Crippen LogP contribution in [0.2, 0.25) is 0 Å². The molecule has 1 aliphatic heterocycles. The first-order valence-corrected chi connectivity index (χ1v) is 7.61. The van der Waals surface area contributed by atoms with Crippen LogP contribution in [0.25, 0.3) is 0 Å². The van der Waals surface area contributed by atoms with Gasteiger partial charge in [0.2, 0.25) is 5.91 Å². The summed E-state index contributed by atoms with van der Waals surface area (Å²) in [5, 5.41) is 5.12. The smallest absolute Gasteiger partial charge is 0.287 e. The van der Waals surface area contributed by atoms with Crippen LogP contribution in [0.15, 0.2) is 47.1 Å². The van der Waals surface area contributed by atoms with Gasteiger partial charge in [-0.05, 0) is 24.3 Å². The zero-order valence-corrected chi connectivity index (χ0v) is 13.2. The number of hydrogen-bond donors (Lipinski definition) is 2. The summed E-state index contributed by atoms with van der Waals surface area (Å²) in [6, 6.07) is 9.55. The molecule has 2 N–H and O–H groups in total. The molecule has 0 spiro atoms. The average Bonchev–Trinajstić information content (AvgIpc) is 3.23. The number of hydrogen-bond acceptors (Lipinski definition) is 5. The predicted molar refractivity (Wildman–Crippen MR) is 85.9 cm³/mol. The van der Waals surface area contributed by atoms with Gasteiger partial charge in [-0.3, -0.25) is 24.1 Å². The number of amides is 4. The van der Waals surface area contributed by atoms with Crippen LogP contribution in [0.1, 0.15) is 31.3 Å². The Balaban J connectivity index is 1.45. The van der Waals surface area contributed by atoms with E-state index in [-0.39, 0.29) is 31.3 Å². The summed E-state index contributed by atoms with van der Waals surface area (Å²) in [6.07, 6.45) is 1.39. The molecule has 0 aliphatic carbocycles. The molecule has 0 bridgehead atoms. The molecule has 0 saturated carbocycles. The monoisotopic (exact) mass is 341 g/mol. The number of rotatable bonds is 6. The lowest BCUT2D eigenvalue weighted by Gasteiger charge is -2.13. The van der Waals surface area contributed by atoms with E-state index in [4.69, 9.17) is 4.42 Å². The average molecular weight is 341 g/mol. The minimum absolute atomic E-state index is 0.161. The molecule has 128 valence electrons. The summed E-state index contributed by atoms with van der Waals surface area (Å²) in [4.78, 5) is 48.8. The van der Waals surface area contributed by atoms with Crippen LogP contribution in [0, 0.1) is 0 Å². The highest BCUT2D eigenvalue weighted by Crippen LogP contribution is 2.21. The van der Waals surface area contributed by atoms with Gasteiger partial charge in [0.05, 0.1) is 17.4 Å². The molecule has 3 rings (SSSR count). The van der Waals surface area contributed by atoms with Gasteiger partial charge in [0.1, 0.15) is 6.54 Å². The Labute approximate surface area is 142 Å². The summed E-state index contributed by atoms with van der Waals surface area (Å²) >= 11 is 0. The van der Waals surface area contributed by atoms with Crippen LogP contribution < -0.4 is 10.6 Å². The molecule has 0 radical (unpaired) electrons. The van der Waals surface area contributed by atoms with Crippen molar-refractivity contribution in [3.63, 3.8) is 0 Å². The van der Waals surface area contributed by atoms with E-state index in [1.807, 2.05) is 0 Å². The molecule has 0 fully saturated rings. The fourth-order valence-electron chi connectivity index (χ4n) is 2.46. The van der Waals surface area contributed by atoms with E-state index < -0.39 is 17.7 Å². The molecule has 0 unspecified atom stereocenters. The largest absolute Gasteiger partial charge is 0.459 e. The summed E-state index contributed by atoms with van der Waals surface area (Å²) < 4.78 is 4.94. The quantitative estimate of drug-likeness (QED) is 0.585. The van der Waals surface area contributed by atoms with Crippen LogP contribution in [0.3, 0.4) is 0 Å². The summed E-state index contributed by atoms with van der Waals surface area (Å²) in [7, 11) is 0. The van der Waals surface area contributed by atoms with Gasteiger partial charge in [0.25, 0.3) is 17.7 Å². The second-order valence-corrected chi connectivity index (χ2v) is 5.33. The lowest BCUT2D eigenvalue weighted by Crippen LogP contribution is -2.42. The molecule has 25 heavy (non-hydrogen) atoms. The molecule has 8 nitrogen and oxygen atoms in total. The van der Waals surface area contributed by atoms with Gasteiger partial charge < -0.3 is 15.1 Å². The molecule has 0 atom stereocenters. The van der Waals surface area contributed by atoms with Gasteiger partial charge in [-0.2, -0.15) is 0 Å². The molecule has 4 amide bonds. The van der Waals surface area contributed by atoms with Crippen molar-refractivity contribution in [3.8, 4) is 0 Å². The molecule has 0 saturated heterocycles. The van der Waals surface area contributed by atoms with Crippen LogP contribution >= 0.6 is 0 Å². The summed E-state index contributed by atoms with van der Waals surface area (Å²) in [5.74, 6) is -1.66. The molecule has 2 heterocycles. The predicted octanol–water partition coefficient (Wildman–Crippen LogP) is 0.422. The van der Waals surface area contributed by atoms with Crippen LogP contribution in [0.4, 0.5) is 0 Å². The summed E-state index contributed by atoms with van der Waals surface area (Å²) in [6.45, 7) is -0.0136. The van der Waals surface area contributed by atoms with Crippen molar-refractivity contribution in [2.75, 3.05) is 19.6 Å². The van der Waals surface area contributed by atoms with Gasteiger partial charge >= 0.3 is 0 Å². The number of fused-ring (bicyclic) bond motifs is 1. The Morgan fingerprint density at radius 1 is 0.920 bits per heavy atom. The van der Waals surface area contributed by atoms with Crippen molar-refractivity contribution < 1.29 is 23.6 Å². The van der Waals surface area contributed by atoms with Gasteiger partial charge in [-0.1, -0.05) is 12.1 Å². The van der Waals surface area contributed by atoms with Gasteiger partial charge in [-0.25, -0.2) is 0 Å². The number of nitrogens with zero attached hydrogens (tertiary/aromatic N) is 1. The fourth-order valence-corrected chi connectivity index (χ4v) is 2.46. The highest BCUT2D eigenvalue weighted by atomic mass is 16.3. The molecule has 1 aliphatic rings. The standard InChI is InChI=1S/C17H15N3O5/c21-14(18-7-8-19-15(22)13-6-3-9-25-13)10-20-16(23)11-4-1-2-5-12(11)17(20)24/h1-6,9H,7-8,10H2,(H,18,21)(H,19,22). The first-order valence-electron chi connectivity index (χ1n) is 7.61. The third-order valence-electron chi connectivity index (χ3n) is 3.66. The second-order valence-electron chi connectivity index (χ2n) is 5.33. The molecule has 2 aromatic rings. The van der Waals surface area contributed by atoms with Crippen molar-refractivity contribution in [1.29, 1.82) is 0 Å². The molecule has 1 aromatic heterocycles. The van der Waals surface area contributed by atoms with Crippen molar-refractivity contribution in [2.24, 2.45) is 0 Å². The van der Waals surface area contributed by atoms with Crippen molar-refractivity contribution in [3.05, 3.63) is 59.5 Å². The van der Waals surface area contributed by atoms with Crippen molar-refractivity contribution >= 4 is 23.6 Å². The van der Waals surface area contributed by atoms with E-state index in [1.54, 1.807) is 30.3 Å². The maximum Gasteiger partial charge on any atom is 0.287 e. The Hall–Kier alpha value is -3.42. The van der Waals surface area contributed by atoms with E-state index in [9.17, 15) is 19.2 Å². The van der Waals surface area contributed by atoms with Crippen molar-refractivity contribution in [2.45, 2.75) is 0 Å². The first kappa shape index (κ1) is 16.4. The van der Waals surface area contributed by atoms with Gasteiger partial charge in [0, 0.05) is 13.1 Å². The van der Waals surface area contributed by atoms with Crippen LogP contribution in [-0.2, 0) is 4.79 Å². The Kier molecular flexibility index (Phi) is 4.60. The number of benzene rings is 1. The normalized spacial score (nSPS) is 12.9. The lowest BCUT2D eigenvalue weighted by molar-refractivity contribution is -0.121. The lowest BCUT2D eigenvalue weighted by atomic mass is 10.1. The first-order chi connectivity index (χ1) is 12.1. The number of imide groups is 1. The fraction of sp³-hybridized carbons (Fsp3) is 0.176. The Morgan fingerprint density at radius 2 is 1.56 bits per heavy atom. The molecular formula is C17H15N3O5. The zero-order chi connectivity index (χ0) is 17.8. The van der Waals surface area contributed by atoms with E-state index in [2.05, 4.69) is 10.6 Å². The second kappa shape index (κ2) is 7.00. The molecular weight excluding hydrogens is 326 g/mol. The highest BCUT2D eigenvalue weighted by molar-refractivity contribution is 6.22. The maximum atomic E-state index is 12.2. The third kappa shape index (κ3) is 3.42. The molecule has 8 heteroatoms. The Bertz CT molecular complexity index is 794. The maximum absolute atomic E-state index is 12.2. The molecule has 1 aromatic carbocycles. The SMILES string of the molecule is O=C(CN1C(=O)c2ccccc2C1=O)NCCNC(=O)c1ccco1. The zero-order valence-electron chi connectivity index (χ0n) is 13.2. The van der Waals surface area contributed by atoms with E-state index in [1.165, 1.54) is 12.3 Å². The van der Waals surface area contributed by atoms with E-state index in [0.29, 0.717) is 11.1 Å². The number of furan rings is 1. The number of carbonyl (C=O) groups is 4.